The van der Waals surface area contributed by atoms with Crippen LogP contribution in [0, 0.1) is 0 Å². The monoisotopic (exact) mass is 279 g/mol. The molecule has 0 bridgehead atoms. The van der Waals surface area contributed by atoms with Crippen molar-refractivity contribution in [3.8, 4) is 0 Å². The van der Waals surface area contributed by atoms with Crippen LogP contribution in [0.25, 0.3) is 0 Å². The topological polar surface area (TPSA) is 122 Å². The molecular weight excluding hydrogens is 270 g/mol. The summed E-state index contributed by atoms with van der Waals surface area (Å²) < 4.78 is 34.1. The normalized spacial score (nSPS) is 19.8. The summed E-state index contributed by atoms with van der Waals surface area (Å²) in [6, 6.07) is -1.17. The number of rotatable bonds is 2. The van der Waals surface area contributed by atoms with Crippen LogP contribution in [0.1, 0.15) is 0 Å². The molecule has 0 aromatic heterocycles. The zero-order valence-electron chi connectivity index (χ0n) is 8.99. The Balaban J connectivity index is 2.06. The van der Waals surface area contributed by atoms with E-state index in [1.54, 1.807) is 4.72 Å². The van der Waals surface area contributed by atoms with Crippen molar-refractivity contribution in [3.63, 3.8) is 0 Å². The largest absolute Gasteiger partial charge is 0.447 e. The van der Waals surface area contributed by atoms with Gasteiger partial charge in [0.1, 0.15) is 13.2 Å². The number of amides is 4. The molecule has 2 saturated heterocycles. The smallest absolute Gasteiger partial charge is 0.425 e. The van der Waals surface area contributed by atoms with Crippen molar-refractivity contribution in [1.29, 1.82) is 0 Å². The number of hydrogen-bond donors (Lipinski definition) is 1. The van der Waals surface area contributed by atoms with Crippen molar-refractivity contribution in [2.45, 2.75) is 0 Å². The lowest BCUT2D eigenvalue weighted by Gasteiger charge is -2.16. The molecule has 4 amide bonds. The second kappa shape index (κ2) is 4.33. The van der Waals surface area contributed by atoms with E-state index in [0.717, 1.165) is 0 Å². The molecule has 100 valence electrons. The molecule has 1 N–H and O–H groups in total. The van der Waals surface area contributed by atoms with E-state index in [9.17, 15) is 22.8 Å². The summed E-state index contributed by atoms with van der Waals surface area (Å²) in [6.07, 6.45) is -2.01. The summed E-state index contributed by atoms with van der Waals surface area (Å²) in [6.45, 7) is -0.325. The fraction of sp³-hybridized carbons (Fsp3) is 0.571. The van der Waals surface area contributed by atoms with Crippen LogP contribution in [-0.2, 0) is 19.7 Å². The van der Waals surface area contributed by atoms with Gasteiger partial charge in [-0.1, -0.05) is 0 Å². The minimum absolute atomic E-state index is 0.00193. The van der Waals surface area contributed by atoms with E-state index in [4.69, 9.17) is 0 Å². The summed E-state index contributed by atoms with van der Waals surface area (Å²) >= 11 is 0. The molecule has 2 aliphatic rings. The number of imide groups is 1. The first-order valence-electron chi connectivity index (χ1n) is 4.87. The predicted molar refractivity (Wildman–Crippen MR) is 53.6 cm³/mol. The molecule has 2 heterocycles. The lowest BCUT2D eigenvalue weighted by Crippen LogP contribution is -2.49. The molecule has 0 aromatic rings. The third-order valence-electron chi connectivity index (χ3n) is 2.24. The van der Waals surface area contributed by atoms with Gasteiger partial charge in [-0.25, -0.2) is 24.0 Å². The Morgan fingerprint density at radius 1 is 1.11 bits per heavy atom. The summed E-state index contributed by atoms with van der Waals surface area (Å²) in [5.74, 6) is 0. The van der Waals surface area contributed by atoms with E-state index in [2.05, 4.69) is 9.47 Å². The Kier molecular flexibility index (Phi) is 2.98. The summed E-state index contributed by atoms with van der Waals surface area (Å²) in [5.41, 5.74) is 0. The third-order valence-corrected chi connectivity index (χ3v) is 3.58. The second-order valence-corrected chi connectivity index (χ2v) is 4.96. The highest BCUT2D eigenvalue weighted by molar-refractivity contribution is 7.88. The number of nitrogens with zero attached hydrogens (tertiary/aromatic N) is 2. The van der Waals surface area contributed by atoms with Crippen LogP contribution in [0.5, 0.6) is 0 Å². The Bertz CT molecular complexity index is 501. The maximum absolute atomic E-state index is 11.6. The fourth-order valence-electron chi connectivity index (χ4n) is 1.40. The summed E-state index contributed by atoms with van der Waals surface area (Å²) in [5, 5.41) is 0. The van der Waals surface area contributed by atoms with Crippen molar-refractivity contribution in [1.82, 2.24) is 13.9 Å². The Hall–Kier alpha value is -2.04. The van der Waals surface area contributed by atoms with Gasteiger partial charge in [0.2, 0.25) is 0 Å². The van der Waals surface area contributed by atoms with Gasteiger partial charge in [-0.05, 0) is 0 Å². The number of carbonyl (C=O) groups excluding carboxylic acids is 3. The average molecular weight is 279 g/mol. The average Bonchev–Trinajstić information content (AvgIpc) is 2.86. The molecule has 2 aliphatic heterocycles. The van der Waals surface area contributed by atoms with Crippen molar-refractivity contribution in [3.05, 3.63) is 0 Å². The van der Waals surface area contributed by atoms with Gasteiger partial charge in [0.15, 0.2) is 0 Å². The zero-order valence-corrected chi connectivity index (χ0v) is 9.81. The standard InChI is InChI=1S/C7H9N3O7S/c11-5(9-1-3-16-6(9)12)8-18(14,15)10-2-4-17-7(10)13/h1-4H2,(H,8,11). The number of nitrogens with one attached hydrogen (secondary N) is 1. The van der Waals surface area contributed by atoms with Crippen LogP contribution in [-0.4, -0.2) is 62.1 Å². The molecule has 18 heavy (non-hydrogen) atoms. The number of hydrogen-bond acceptors (Lipinski definition) is 7. The first-order chi connectivity index (χ1) is 8.42. The second-order valence-electron chi connectivity index (χ2n) is 3.36. The lowest BCUT2D eigenvalue weighted by atomic mass is 10.6. The minimum Gasteiger partial charge on any atom is -0.447 e. The van der Waals surface area contributed by atoms with Gasteiger partial charge in [0.05, 0.1) is 13.1 Å². The van der Waals surface area contributed by atoms with Crippen LogP contribution >= 0.6 is 0 Å². The Morgan fingerprint density at radius 2 is 1.72 bits per heavy atom. The summed E-state index contributed by atoms with van der Waals surface area (Å²) in [7, 11) is -4.36. The molecule has 0 saturated carbocycles. The molecule has 0 radical (unpaired) electrons. The highest BCUT2D eigenvalue weighted by Crippen LogP contribution is 2.10. The quantitative estimate of drug-likeness (QED) is 0.676. The van der Waals surface area contributed by atoms with Gasteiger partial charge in [-0.3, -0.25) is 0 Å². The predicted octanol–water partition coefficient (Wildman–Crippen LogP) is -1.15. The maximum Gasteiger partial charge on any atom is 0.425 e. The van der Waals surface area contributed by atoms with E-state index in [0.29, 0.717) is 9.21 Å². The molecule has 0 aromatic carbocycles. The third kappa shape index (κ3) is 2.16. The minimum atomic E-state index is -4.36. The number of urea groups is 1. The van der Waals surface area contributed by atoms with Crippen LogP contribution in [0.3, 0.4) is 0 Å². The first kappa shape index (κ1) is 12.4. The van der Waals surface area contributed by atoms with Crippen LogP contribution in [0.15, 0.2) is 0 Å². The van der Waals surface area contributed by atoms with Crippen molar-refractivity contribution in [2.75, 3.05) is 26.3 Å². The van der Waals surface area contributed by atoms with Gasteiger partial charge >= 0.3 is 28.4 Å². The van der Waals surface area contributed by atoms with Crippen LogP contribution in [0.2, 0.25) is 0 Å². The lowest BCUT2D eigenvalue weighted by molar-refractivity contribution is 0.160. The Morgan fingerprint density at radius 3 is 2.22 bits per heavy atom. The van der Waals surface area contributed by atoms with Gasteiger partial charge in [0.25, 0.3) is 0 Å². The van der Waals surface area contributed by atoms with Crippen molar-refractivity contribution >= 4 is 28.4 Å². The summed E-state index contributed by atoms with van der Waals surface area (Å²) in [4.78, 5) is 34.2. The van der Waals surface area contributed by atoms with E-state index in [1.807, 2.05) is 0 Å². The van der Waals surface area contributed by atoms with Crippen molar-refractivity contribution in [2.24, 2.45) is 0 Å². The molecule has 2 rings (SSSR count). The molecule has 2 fully saturated rings. The van der Waals surface area contributed by atoms with Gasteiger partial charge in [-0.2, -0.15) is 12.7 Å². The number of ether oxygens (including phenoxy) is 2. The van der Waals surface area contributed by atoms with E-state index in [1.165, 1.54) is 0 Å². The van der Waals surface area contributed by atoms with E-state index >= 15 is 0 Å². The maximum atomic E-state index is 11.6. The molecule has 0 atom stereocenters. The van der Waals surface area contributed by atoms with Gasteiger partial charge < -0.3 is 9.47 Å². The number of carbonyl (C=O) groups is 3. The molecular formula is C7H9N3O7S. The van der Waals surface area contributed by atoms with E-state index < -0.39 is 28.4 Å². The molecule has 0 aliphatic carbocycles. The zero-order chi connectivity index (χ0) is 13.3. The van der Waals surface area contributed by atoms with Crippen LogP contribution < -0.4 is 4.72 Å². The van der Waals surface area contributed by atoms with E-state index in [-0.39, 0.29) is 26.3 Å². The first-order valence-corrected chi connectivity index (χ1v) is 6.31. The fourth-order valence-corrected chi connectivity index (χ4v) is 2.40. The highest BCUT2D eigenvalue weighted by atomic mass is 32.2. The van der Waals surface area contributed by atoms with Crippen molar-refractivity contribution < 1.29 is 32.3 Å². The van der Waals surface area contributed by atoms with Gasteiger partial charge in [-0.15, -0.1) is 0 Å². The van der Waals surface area contributed by atoms with Crippen LogP contribution in [0.4, 0.5) is 14.4 Å². The molecule has 10 nitrogen and oxygen atoms in total. The molecule has 0 unspecified atom stereocenters. The van der Waals surface area contributed by atoms with Gasteiger partial charge in [0, 0.05) is 0 Å². The molecule has 11 heteroatoms. The number of cyclic esters (lactones) is 2. The Labute approximate surface area is 102 Å². The molecule has 0 spiro atoms. The SMILES string of the molecule is O=C(NS(=O)(=O)N1CCOC1=O)N1CCOC1=O. The highest BCUT2D eigenvalue weighted by Gasteiger charge is 2.37.